The number of methoxy groups -OCH3 is 1. The second-order valence-electron chi connectivity index (χ2n) is 3.37. The second kappa shape index (κ2) is 4.64. The number of nitrogens with zero attached hydrogens (tertiary/aromatic N) is 1. The van der Waals surface area contributed by atoms with Crippen molar-refractivity contribution < 1.29 is 22.3 Å². The quantitative estimate of drug-likeness (QED) is 0.834. The van der Waals surface area contributed by atoms with E-state index in [0.717, 1.165) is 0 Å². The highest BCUT2D eigenvalue weighted by atomic mass is 79.9. The minimum Gasteiger partial charge on any atom is -0.497 e. The van der Waals surface area contributed by atoms with E-state index in [1.165, 1.54) is 7.11 Å². The normalized spacial score (nSPS) is 11.6. The summed E-state index contributed by atoms with van der Waals surface area (Å²) in [6, 6.07) is 6.42. The first kappa shape index (κ1) is 12.9. The summed E-state index contributed by atoms with van der Waals surface area (Å²) < 4.78 is 46.9. The van der Waals surface area contributed by atoms with Crippen molar-refractivity contribution in [2.75, 3.05) is 7.11 Å². The maximum atomic E-state index is 12.4. The van der Waals surface area contributed by atoms with Gasteiger partial charge in [0, 0.05) is 5.56 Å². The van der Waals surface area contributed by atoms with E-state index in [1.54, 1.807) is 24.3 Å². The molecule has 0 unspecified atom stereocenters. The Bertz CT molecular complexity index is 548. The molecule has 0 aliphatic rings. The Morgan fingerprint density at radius 1 is 1.22 bits per heavy atom. The molecule has 0 saturated heterocycles. The molecule has 2 aromatic rings. The Morgan fingerprint density at radius 2 is 1.83 bits per heavy atom. The van der Waals surface area contributed by atoms with Crippen molar-refractivity contribution in [1.82, 2.24) is 4.98 Å². The number of ether oxygens (including phenoxy) is 1. The third kappa shape index (κ3) is 2.50. The van der Waals surface area contributed by atoms with Gasteiger partial charge < -0.3 is 9.15 Å². The zero-order chi connectivity index (χ0) is 13.3. The molecule has 2 rings (SSSR count). The number of halogens is 4. The molecule has 0 spiro atoms. The van der Waals surface area contributed by atoms with Crippen LogP contribution in [0.2, 0.25) is 0 Å². The molecule has 0 radical (unpaired) electrons. The second-order valence-corrected chi connectivity index (χ2v) is 4.12. The predicted molar refractivity (Wildman–Crippen MR) is 61.2 cm³/mol. The van der Waals surface area contributed by atoms with Crippen molar-refractivity contribution in [2.24, 2.45) is 0 Å². The van der Waals surface area contributed by atoms with Crippen LogP contribution >= 0.6 is 15.9 Å². The fourth-order valence-electron chi connectivity index (χ4n) is 1.34. The summed E-state index contributed by atoms with van der Waals surface area (Å²) in [7, 11) is 1.50. The zero-order valence-corrected chi connectivity index (χ0v) is 10.7. The third-order valence-electron chi connectivity index (χ3n) is 2.18. The van der Waals surface area contributed by atoms with Crippen LogP contribution in [-0.2, 0) is 6.18 Å². The SMILES string of the molecule is COc1ccc(-c2oc(C(F)(F)F)nc2Br)cc1. The molecule has 0 aliphatic carbocycles. The summed E-state index contributed by atoms with van der Waals surface area (Å²) in [5, 5.41) is 0. The summed E-state index contributed by atoms with van der Waals surface area (Å²) in [6.07, 6.45) is -4.60. The Hall–Kier alpha value is -1.50. The van der Waals surface area contributed by atoms with Crippen molar-refractivity contribution in [3.63, 3.8) is 0 Å². The number of aromatic nitrogens is 1. The van der Waals surface area contributed by atoms with Crippen molar-refractivity contribution >= 4 is 15.9 Å². The topological polar surface area (TPSA) is 35.3 Å². The molecule has 18 heavy (non-hydrogen) atoms. The van der Waals surface area contributed by atoms with Crippen LogP contribution in [-0.4, -0.2) is 12.1 Å². The van der Waals surface area contributed by atoms with Gasteiger partial charge >= 0.3 is 12.1 Å². The van der Waals surface area contributed by atoms with Crippen LogP contribution in [0.15, 0.2) is 33.3 Å². The van der Waals surface area contributed by atoms with Gasteiger partial charge in [0.2, 0.25) is 0 Å². The van der Waals surface area contributed by atoms with E-state index in [9.17, 15) is 13.2 Å². The first-order valence-electron chi connectivity index (χ1n) is 4.80. The summed E-state index contributed by atoms with van der Waals surface area (Å²) in [5.74, 6) is -0.643. The molecule has 0 aliphatic heterocycles. The molecule has 1 aromatic carbocycles. The van der Waals surface area contributed by atoms with Crippen molar-refractivity contribution in [1.29, 1.82) is 0 Å². The summed E-state index contributed by atoms with van der Waals surface area (Å²) in [5.41, 5.74) is 0.477. The van der Waals surface area contributed by atoms with Crippen LogP contribution in [0.1, 0.15) is 5.89 Å². The van der Waals surface area contributed by atoms with Gasteiger partial charge in [-0.1, -0.05) is 0 Å². The Labute approximate surface area is 109 Å². The van der Waals surface area contributed by atoms with Crippen LogP contribution in [0.3, 0.4) is 0 Å². The van der Waals surface area contributed by atoms with E-state index in [0.29, 0.717) is 11.3 Å². The summed E-state index contributed by atoms with van der Waals surface area (Å²) in [4.78, 5) is 3.29. The minimum atomic E-state index is -4.60. The van der Waals surface area contributed by atoms with Gasteiger partial charge in [0.15, 0.2) is 10.4 Å². The van der Waals surface area contributed by atoms with Gasteiger partial charge in [-0.2, -0.15) is 18.2 Å². The van der Waals surface area contributed by atoms with Crippen molar-refractivity contribution in [2.45, 2.75) is 6.18 Å². The number of hydrogen-bond donors (Lipinski definition) is 0. The van der Waals surface area contributed by atoms with Crippen LogP contribution in [0.5, 0.6) is 5.75 Å². The molecule has 0 fully saturated rings. The number of rotatable bonds is 2. The highest BCUT2D eigenvalue weighted by Gasteiger charge is 2.38. The summed E-state index contributed by atoms with van der Waals surface area (Å²) in [6.45, 7) is 0. The number of hydrogen-bond acceptors (Lipinski definition) is 3. The highest BCUT2D eigenvalue weighted by molar-refractivity contribution is 9.10. The fourth-order valence-corrected chi connectivity index (χ4v) is 1.81. The van der Waals surface area contributed by atoms with Gasteiger partial charge in [-0.3, -0.25) is 0 Å². The Balaban J connectivity index is 2.41. The van der Waals surface area contributed by atoms with E-state index < -0.39 is 12.1 Å². The van der Waals surface area contributed by atoms with Gasteiger partial charge in [0.1, 0.15) is 5.75 Å². The lowest BCUT2D eigenvalue weighted by atomic mass is 10.2. The smallest absolute Gasteiger partial charge is 0.468 e. The van der Waals surface area contributed by atoms with Crippen LogP contribution in [0.25, 0.3) is 11.3 Å². The molecule has 7 heteroatoms. The zero-order valence-electron chi connectivity index (χ0n) is 9.08. The molecule has 0 amide bonds. The van der Waals surface area contributed by atoms with Crippen LogP contribution in [0, 0.1) is 0 Å². The number of benzene rings is 1. The van der Waals surface area contributed by atoms with Gasteiger partial charge in [-0.15, -0.1) is 0 Å². The highest BCUT2D eigenvalue weighted by Crippen LogP contribution is 2.36. The lowest BCUT2D eigenvalue weighted by Crippen LogP contribution is -2.04. The molecule has 0 saturated carbocycles. The van der Waals surface area contributed by atoms with E-state index in [-0.39, 0.29) is 10.4 Å². The Kier molecular flexibility index (Phi) is 3.34. The molecular weight excluding hydrogens is 315 g/mol. The fraction of sp³-hybridized carbons (Fsp3) is 0.182. The number of oxazole rings is 1. The molecule has 1 aromatic heterocycles. The van der Waals surface area contributed by atoms with E-state index in [2.05, 4.69) is 20.9 Å². The molecular formula is C11H7BrF3NO2. The van der Waals surface area contributed by atoms with Crippen LogP contribution < -0.4 is 4.74 Å². The molecule has 0 bridgehead atoms. The van der Waals surface area contributed by atoms with Gasteiger partial charge in [0.25, 0.3) is 0 Å². The lowest BCUT2D eigenvalue weighted by molar-refractivity contribution is -0.156. The number of alkyl halides is 3. The van der Waals surface area contributed by atoms with Gasteiger partial charge in [-0.05, 0) is 40.2 Å². The van der Waals surface area contributed by atoms with E-state index in [1.807, 2.05) is 0 Å². The maximum absolute atomic E-state index is 12.4. The average Bonchev–Trinajstić information content (AvgIpc) is 2.71. The maximum Gasteiger partial charge on any atom is 0.468 e. The molecule has 0 atom stereocenters. The average molecular weight is 322 g/mol. The standard InChI is InChI=1S/C11H7BrF3NO2/c1-17-7-4-2-6(3-5-7)8-9(12)16-10(18-8)11(13,14)15/h2-5H,1H3. The minimum absolute atomic E-state index is 0.0139. The largest absolute Gasteiger partial charge is 0.497 e. The van der Waals surface area contributed by atoms with Crippen molar-refractivity contribution in [3.8, 4) is 17.1 Å². The van der Waals surface area contributed by atoms with Crippen molar-refractivity contribution in [3.05, 3.63) is 34.8 Å². The monoisotopic (exact) mass is 321 g/mol. The third-order valence-corrected chi connectivity index (χ3v) is 2.72. The van der Waals surface area contributed by atoms with E-state index in [4.69, 9.17) is 9.15 Å². The van der Waals surface area contributed by atoms with Gasteiger partial charge in [0.05, 0.1) is 7.11 Å². The molecule has 3 nitrogen and oxygen atoms in total. The lowest BCUT2D eigenvalue weighted by Gasteiger charge is -2.01. The Morgan fingerprint density at radius 3 is 2.28 bits per heavy atom. The molecule has 96 valence electrons. The molecule has 1 heterocycles. The van der Waals surface area contributed by atoms with E-state index >= 15 is 0 Å². The first-order chi connectivity index (χ1) is 8.41. The summed E-state index contributed by atoms with van der Waals surface area (Å²) >= 11 is 2.95. The van der Waals surface area contributed by atoms with Crippen LogP contribution in [0.4, 0.5) is 13.2 Å². The molecule has 0 N–H and O–H groups in total. The first-order valence-corrected chi connectivity index (χ1v) is 5.59. The predicted octanol–water partition coefficient (Wildman–Crippen LogP) is 4.13. The van der Waals surface area contributed by atoms with Gasteiger partial charge in [-0.25, -0.2) is 0 Å².